The summed E-state index contributed by atoms with van der Waals surface area (Å²) in [7, 11) is -0.272. The van der Waals surface area contributed by atoms with Crippen molar-refractivity contribution in [1.29, 1.82) is 0 Å². The van der Waals surface area contributed by atoms with E-state index in [1.165, 1.54) is 13.2 Å². The molecule has 0 aliphatic heterocycles. The highest BCUT2D eigenvalue weighted by molar-refractivity contribution is 6.74. The molecule has 126 valence electrons. The molecule has 0 unspecified atom stereocenters. The predicted molar refractivity (Wildman–Crippen MR) is 94.6 cm³/mol. The summed E-state index contributed by atoms with van der Waals surface area (Å²) in [5.74, 6) is 5.40. The van der Waals surface area contributed by atoms with E-state index in [1.54, 1.807) is 12.1 Å². The zero-order valence-corrected chi connectivity index (χ0v) is 15.8. The van der Waals surface area contributed by atoms with E-state index in [2.05, 4.69) is 45.7 Å². The van der Waals surface area contributed by atoms with Crippen LogP contribution in [0, 0.1) is 11.8 Å². The number of hydrogen-bond acceptors (Lipinski definition) is 3. The topological polar surface area (TPSA) is 55.8 Å². The fourth-order valence-corrected chi connectivity index (χ4v) is 2.73. The molecule has 1 aromatic rings. The zero-order valence-electron chi connectivity index (χ0n) is 14.8. The molecule has 0 aliphatic rings. The average molecular weight is 334 g/mol. The van der Waals surface area contributed by atoms with Crippen molar-refractivity contribution in [3.8, 4) is 17.6 Å². The second kappa shape index (κ2) is 7.67. The van der Waals surface area contributed by atoms with Crippen LogP contribution in [-0.2, 0) is 4.43 Å². The first-order valence-corrected chi connectivity index (χ1v) is 10.5. The molecule has 0 spiro atoms. The second-order valence-electron chi connectivity index (χ2n) is 6.88. The minimum absolute atomic E-state index is 0.138. The number of ether oxygens (including phenoxy) is 1. The Morgan fingerprint density at radius 2 is 1.96 bits per heavy atom. The summed E-state index contributed by atoms with van der Waals surface area (Å²) in [6.45, 7) is 11.7. The molecule has 0 aliphatic carbocycles. The van der Waals surface area contributed by atoms with Gasteiger partial charge in [0, 0.05) is 18.6 Å². The number of methoxy groups -OCH3 is 1. The Morgan fingerprint density at radius 3 is 2.48 bits per heavy atom. The number of carboxylic acids is 1. The minimum atomic E-state index is -1.72. The van der Waals surface area contributed by atoms with Gasteiger partial charge >= 0.3 is 5.97 Å². The van der Waals surface area contributed by atoms with Crippen molar-refractivity contribution in [3.63, 3.8) is 0 Å². The SMILES string of the molecule is COc1cc(C#CCCO[Si](C)(C)C(C)(C)C)ccc1C(=O)O. The minimum Gasteiger partial charge on any atom is -0.496 e. The number of carbonyl (C=O) groups is 1. The standard InChI is InChI=1S/C18H26O4Si/c1-18(2,3)23(5,6)22-12-8-7-9-14-10-11-15(17(19)20)16(13-14)21-4/h10-11,13H,8,12H2,1-6H3,(H,19,20). The van der Waals surface area contributed by atoms with Gasteiger partial charge in [0.05, 0.1) is 7.11 Å². The quantitative estimate of drug-likeness (QED) is 0.499. The van der Waals surface area contributed by atoms with Gasteiger partial charge in [-0.1, -0.05) is 32.6 Å². The maximum atomic E-state index is 11.0. The summed E-state index contributed by atoms with van der Waals surface area (Å²) in [4.78, 5) is 11.0. The largest absolute Gasteiger partial charge is 0.496 e. The molecular weight excluding hydrogens is 308 g/mol. The van der Waals surface area contributed by atoms with Crippen LogP contribution in [0.3, 0.4) is 0 Å². The first-order valence-electron chi connectivity index (χ1n) is 7.62. The molecule has 0 fully saturated rings. The summed E-state index contributed by atoms with van der Waals surface area (Å²) in [6.07, 6.45) is 0.648. The van der Waals surface area contributed by atoms with Crippen LogP contribution in [0.4, 0.5) is 0 Å². The number of hydrogen-bond donors (Lipinski definition) is 1. The van der Waals surface area contributed by atoms with Crippen LogP contribution in [0.2, 0.25) is 18.1 Å². The molecule has 0 aromatic heterocycles. The van der Waals surface area contributed by atoms with Crippen LogP contribution >= 0.6 is 0 Å². The Balaban J connectivity index is 2.66. The van der Waals surface area contributed by atoms with E-state index < -0.39 is 14.3 Å². The second-order valence-corrected chi connectivity index (χ2v) is 11.7. The molecule has 0 saturated carbocycles. The summed E-state index contributed by atoms with van der Waals surface area (Å²) in [5.41, 5.74) is 0.874. The van der Waals surface area contributed by atoms with Gasteiger partial charge in [-0.2, -0.15) is 0 Å². The lowest BCUT2D eigenvalue weighted by Crippen LogP contribution is -2.40. The summed E-state index contributed by atoms with van der Waals surface area (Å²) < 4.78 is 11.2. The Bertz CT molecular complexity index is 618. The van der Waals surface area contributed by atoms with Crippen molar-refractivity contribution in [2.45, 2.75) is 45.3 Å². The molecule has 0 saturated heterocycles. The highest BCUT2D eigenvalue weighted by Gasteiger charge is 2.36. The van der Waals surface area contributed by atoms with Gasteiger partial charge in [-0.15, -0.1) is 0 Å². The molecule has 1 aromatic carbocycles. The lowest BCUT2D eigenvalue weighted by atomic mass is 10.1. The zero-order chi connectivity index (χ0) is 17.7. The molecule has 0 radical (unpaired) electrons. The Hall–Kier alpha value is -1.77. The molecule has 5 heteroatoms. The van der Waals surface area contributed by atoms with Gasteiger partial charge in [-0.3, -0.25) is 0 Å². The van der Waals surface area contributed by atoms with Crippen molar-refractivity contribution in [2.24, 2.45) is 0 Å². The molecular formula is C18H26O4Si. The maximum absolute atomic E-state index is 11.0. The lowest BCUT2D eigenvalue weighted by Gasteiger charge is -2.35. The molecule has 1 N–H and O–H groups in total. The van der Waals surface area contributed by atoms with E-state index in [9.17, 15) is 4.79 Å². The third kappa shape index (κ3) is 5.42. The van der Waals surface area contributed by atoms with Gasteiger partial charge in [0.15, 0.2) is 8.32 Å². The molecule has 1 rings (SSSR count). The van der Waals surface area contributed by atoms with Crippen LogP contribution < -0.4 is 4.74 Å². The number of benzene rings is 1. The normalized spacial score (nSPS) is 11.6. The van der Waals surface area contributed by atoms with E-state index in [0.29, 0.717) is 18.8 Å². The van der Waals surface area contributed by atoms with Crippen molar-refractivity contribution < 1.29 is 19.1 Å². The van der Waals surface area contributed by atoms with Gasteiger partial charge in [-0.25, -0.2) is 4.79 Å². The van der Waals surface area contributed by atoms with Crippen LogP contribution in [0.25, 0.3) is 0 Å². The van der Waals surface area contributed by atoms with Crippen LogP contribution in [0.1, 0.15) is 43.1 Å². The molecule has 0 heterocycles. The summed E-state index contributed by atoms with van der Waals surface area (Å²) in [6, 6.07) is 4.84. The number of aromatic carboxylic acids is 1. The van der Waals surface area contributed by atoms with Crippen LogP contribution in [0.5, 0.6) is 5.75 Å². The first kappa shape index (κ1) is 19.3. The van der Waals surface area contributed by atoms with Crippen molar-refractivity contribution in [1.82, 2.24) is 0 Å². The molecule has 4 nitrogen and oxygen atoms in total. The molecule has 0 atom stereocenters. The van der Waals surface area contributed by atoms with Crippen molar-refractivity contribution in [2.75, 3.05) is 13.7 Å². The van der Waals surface area contributed by atoms with Crippen molar-refractivity contribution in [3.05, 3.63) is 29.3 Å². The number of carboxylic acid groups (broad SMARTS) is 1. The third-order valence-electron chi connectivity index (χ3n) is 4.16. The third-order valence-corrected chi connectivity index (χ3v) is 8.70. The van der Waals surface area contributed by atoms with Gasteiger partial charge in [0.1, 0.15) is 11.3 Å². The maximum Gasteiger partial charge on any atom is 0.339 e. The van der Waals surface area contributed by atoms with Crippen LogP contribution in [-0.4, -0.2) is 33.1 Å². The van der Waals surface area contributed by atoms with Crippen molar-refractivity contribution >= 4 is 14.3 Å². The highest BCUT2D eigenvalue weighted by Crippen LogP contribution is 2.36. The van der Waals surface area contributed by atoms with E-state index in [1.807, 2.05) is 0 Å². The first-order chi connectivity index (χ1) is 10.6. The van der Waals surface area contributed by atoms with Gasteiger partial charge in [0.2, 0.25) is 0 Å². The predicted octanol–water partition coefficient (Wildman–Crippen LogP) is 4.16. The van der Waals surface area contributed by atoms with Crippen LogP contribution in [0.15, 0.2) is 18.2 Å². The Kier molecular flexibility index (Phi) is 6.43. The van der Waals surface area contributed by atoms with Gasteiger partial charge in [0.25, 0.3) is 0 Å². The smallest absolute Gasteiger partial charge is 0.339 e. The van der Waals surface area contributed by atoms with Gasteiger partial charge in [-0.05, 0) is 36.3 Å². The Labute approximate surface area is 139 Å². The molecule has 0 bridgehead atoms. The monoisotopic (exact) mass is 334 g/mol. The van der Waals surface area contributed by atoms with Gasteiger partial charge < -0.3 is 14.3 Å². The fraction of sp³-hybridized carbons (Fsp3) is 0.500. The highest BCUT2D eigenvalue weighted by atomic mass is 28.4. The molecule has 23 heavy (non-hydrogen) atoms. The van der Waals surface area contributed by atoms with E-state index in [0.717, 1.165) is 5.56 Å². The van der Waals surface area contributed by atoms with E-state index in [-0.39, 0.29) is 10.6 Å². The summed E-state index contributed by atoms with van der Waals surface area (Å²) >= 11 is 0. The Morgan fingerprint density at radius 1 is 1.30 bits per heavy atom. The lowest BCUT2D eigenvalue weighted by molar-refractivity contribution is 0.0693. The summed E-state index contributed by atoms with van der Waals surface area (Å²) in [5, 5.41) is 9.24. The van der Waals surface area contributed by atoms with E-state index in [4.69, 9.17) is 14.3 Å². The molecule has 0 amide bonds. The average Bonchev–Trinajstić information content (AvgIpc) is 2.45. The fourth-order valence-electron chi connectivity index (χ4n) is 1.68. The number of rotatable bonds is 5. The van der Waals surface area contributed by atoms with E-state index >= 15 is 0 Å².